The van der Waals surface area contributed by atoms with Crippen LogP contribution in [0, 0.1) is 0 Å². The number of aromatic nitrogens is 3. The van der Waals surface area contributed by atoms with Gasteiger partial charge < -0.3 is 24.5 Å². The molecule has 0 spiro atoms. The maximum Gasteiger partial charge on any atom is 0.275 e. The third-order valence-corrected chi connectivity index (χ3v) is 8.28. The van der Waals surface area contributed by atoms with E-state index in [2.05, 4.69) is 31.5 Å². The molecule has 1 aromatic carbocycles. The lowest BCUT2D eigenvalue weighted by molar-refractivity contribution is 0.0786. The molecule has 0 atom stereocenters. The quantitative estimate of drug-likeness (QED) is 0.221. The van der Waals surface area contributed by atoms with Crippen LogP contribution in [0.2, 0.25) is 0 Å². The van der Waals surface area contributed by atoms with E-state index in [9.17, 15) is 9.90 Å². The van der Waals surface area contributed by atoms with E-state index in [0.29, 0.717) is 22.9 Å². The first-order valence-electron chi connectivity index (χ1n) is 13.1. The molecule has 208 valence electrons. The van der Waals surface area contributed by atoms with Crippen molar-refractivity contribution in [3.63, 3.8) is 0 Å². The number of nitrogens with zero attached hydrogens (tertiary/aromatic N) is 3. The Hall–Kier alpha value is -2.54. The van der Waals surface area contributed by atoms with Crippen molar-refractivity contribution in [1.82, 2.24) is 18.8 Å². The lowest BCUT2D eigenvalue weighted by Gasteiger charge is -2.23. The molecule has 8 nitrogen and oxygen atoms in total. The molecule has 0 amide bonds. The molecule has 5 rings (SSSR count). The first-order valence-corrected chi connectivity index (χ1v) is 16.4. The molecule has 0 saturated carbocycles. The van der Waals surface area contributed by atoms with Crippen molar-refractivity contribution < 1.29 is 14.6 Å². The molecule has 1 fully saturated rings. The number of benzene rings is 1. The fourth-order valence-corrected chi connectivity index (χ4v) is 5.86. The molecule has 1 aliphatic rings. The Morgan fingerprint density at radius 1 is 1.13 bits per heavy atom. The summed E-state index contributed by atoms with van der Waals surface area (Å²) in [6.07, 6.45) is 7.45. The normalized spacial score (nSPS) is 14.1. The number of nitrogens with one attached hydrogen (secondary N) is 1. The number of fused-ring (bicyclic) bond motifs is 1. The Labute approximate surface area is 245 Å². The third-order valence-electron chi connectivity index (χ3n) is 6.55. The molecule has 4 heterocycles. The summed E-state index contributed by atoms with van der Waals surface area (Å²) in [5, 5.41) is 14.9. The van der Waals surface area contributed by atoms with E-state index >= 15 is 0 Å². The van der Waals surface area contributed by atoms with Crippen LogP contribution in [-0.2, 0) is 12.6 Å². The van der Waals surface area contributed by atoms with Gasteiger partial charge in [0.05, 0.1) is 11.8 Å². The summed E-state index contributed by atoms with van der Waals surface area (Å²) in [7, 11) is 3.18. The SMILES string of the molecule is CC.Cn1cc(-c2cc(C(C)(C)O)ccc2Oc2ccc(OC3CCNCC3)nc2)c2ccn(SI)c2c1=O. The third kappa shape index (κ3) is 6.62. The van der Waals surface area contributed by atoms with E-state index in [0.717, 1.165) is 48.0 Å². The summed E-state index contributed by atoms with van der Waals surface area (Å²) >= 11 is 2.16. The van der Waals surface area contributed by atoms with Crippen molar-refractivity contribution in [3.8, 4) is 28.5 Å². The molecule has 10 heteroatoms. The molecule has 4 aromatic rings. The predicted molar refractivity (Wildman–Crippen MR) is 167 cm³/mol. The molecule has 0 bridgehead atoms. The molecule has 39 heavy (non-hydrogen) atoms. The van der Waals surface area contributed by atoms with Crippen LogP contribution in [-0.4, -0.2) is 37.8 Å². The predicted octanol–water partition coefficient (Wildman–Crippen LogP) is 6.43. The van der Waals surface area contributed by atoms with Gasteiger partial charge >= 0.3 is 0 Å². The van der Waals surface area contributed by atoms with E-state index in [4.69, 9.17) is 9.47 Å². The highest BCUT2D eigenvalue weighted by Crippen LogP contribution is 2.40. The maximum absolute atomic E-state index is 13.0. The van der Waals surface area contributed by atoms with Gasteiger partial charge in [-0.1, -0.05) is 19.9 Å². The van der Waals surface area contributed by atoms with Crippen LogP contribution < -0.4 is 20.3 Å². The number of hydrogen-bond donors (Lipinski definition) is 2. The average molecular weight is 663 g/mol. The van der Waals surface area contributed by atoms with Crippen molar-refractivity contribution in [1.29, 1.82) is 0 Å². The molecular formula is C29H35IN4O4S. The number of rotatable bonds is 7. The van der Waals surface area contributed by atoms with E-state index in [1.807, 2.05) is 66.6 Å². The zero-order valence-corrected chi connectivity index (χ0v) is 25.9. The monoisotopic (exact) mass is 662 g/mol. The van der Waals surface area contributed by atoms with Gasteiger partial charge in [-0.2, -0.15) is 0 Å². The minimum atomic E-state index is -1.05. The van der Waals surface area contributed by atoms with Gasteiger partial charge in [-0.3, -0.25) is 8.77 Å². The lowest BCUT2D eigenvalue weighted by Crippen LogP contribution is -2.34. The van der Waals surface area contributed by atoms with Gasteiger partial charge in [0.1, 0.15) is 23.1 Å². The maximum atomic E-state index is 13.0. The van der Waals surface area contributed by atoms with Gasteiger partial charge in [-0.25, -0.2) is 4.98 Å². The second-order valence-corrected chi connectivity index (χ2v) is 11.4. The van der Waals surface area contributed by atoms with Crippen LogP contribution in [0.1, 0.15) is 46.1 Å². The second kappa shape index (κ2) is 12.8. The number of ether oxygens (including phenoxy) is 2. The largest absolute Gasteiger partial charge is 0.474 e. The van der Waals surface area contributed by atoms with Gasteiger partial charge in [0.25, 0.3) is 5.56 Å². The summed E-state index contributed by atoms with van der Waals surface area (Å²) in [5.74, 6) is 1.74. The topological polar surface area (TPSA) is 90.5 Å². The molecule has 0 unspecified atom stereocenters. The summed E-state index contributed by atoms with van der Waals surface area (Å²) in [5.41, 5.74) is 1.81. The van der Waals surface area contributed by atoms with E-state index in [1.165, 1.54) is 9.12 Å². The van der Waals surface area contributed by atoms with Crippen molar-refractivity contribution in [2.75, 3.05) is 13.1 Å². The van der Waals surface area contributed by atoms with Crippen LogP contribution >= 0.6 is 30.3 Å². The number of aliphatic hydroxyl groups is 1. The summed E-state index contributed by atoms with van der Waals surface area (Å²) in [6, 6.07) is 11.2. The van der Waals surface area contributed by atoms with Crippen LogP contribution in [0.5, 0.6) is 17.4 Å². The standard InChI is InChI=1S/C27H29IN4O4S.C2H6/c1-27(2,34)17-4-6-23(35-19-5-7-24(30-15-19)36-18-8-11-29-12-9-18)21(14-17)22-16-31(3)26(33)25-20(22)10-13-32(25)37-28;1-2/h4-7,10,13-16,18,29,34H,8-9,11-12H2,1-3H3;1-2H3. The first kappa shape index (κ1) is 29.4. The van der Waals surface area contributed by atoms with Crippen molar-refractivity contribution in [2.45, 2.75) is 52.2 Å². The van der Waals surface area contributed by atoms with Crippen molar-refractivity contribution >= 4 is 41.2 Å². The fraction of sp³-hybridized carbons (Fsp3) is 0.379. The number of hydrogen-bond acceptors (Lipinski definition) is 7. The van der Waals surface area contributed by atoms with Crippen LogP contribution in [0.3, 0.4) is 0 Å². The summed E-state index contributed by atoms with van der Waals surface area (Å²) < 4.78 is 15.8. The Bertz CT molecular complexity index is 1470. The van der Waals surface area contributed by atoms with Crippen LogP contribution in [0.25, 0.3) is 22.0 Å². The smallest absolute Gasteiger partial charge is 0.275 e. The van der Waals surface area contributed by atoms with E-state index < -0.39 is 5.60 Å². The zero-order chi connectivity index (χ0) is 28.2. The van der Waals surface area contributed by atoms with Gasteiger partial charge in [0.2, 0.25) is 5.88 Å². The summed E-state index contributed by atoms with van der Waals surface area (Å²) in [6.45, 7) is 9.40. The molecule has 1 saturated heterocycles. The fourth-order valence-electron chi connectivity index (χ4n) is 4.52. The van der Waals surface area contributed by atoms with Gasteiger partial charge in [0, 0.05) is 72.3 Å². The van der Waals surface area contributed by atoms with Crippen molar-refractivity contribution in [2.24, 2.45) is 7.05 Å². The highest BCUT2D eigenvalue weighted by atomic mass is 127. The second-order valence-electron chi connectivity index (χ2n) is 9.70. The lowest BCUT2D eigenvalue weighted by atomic mass is 9.93. The van der Waals surface area contributed by atoms with Gasteiger partial charge in [-0.15, -0.1) is 0 Å². The Morgan fingerprint density at radius 3 is 2.51 bits per heavy atom. The Morgan fingerprint density at radius 2 is 1.87 bits per heavy atom. The molecule has 2 N–H and O–H groups in total. The number of aryl methyl sites for hydroxylation is 1. The highest BCUT2D eigenvalue weighted by Gasteiger charge is 2.22. The van der Waals surface area contributed by atoms with E-state index in [-0.39, 0.29) is 11.7 Å². The van der Waals surface area contributed by atoms with Crippen LogP contribution in [0.15, 0.2) is 59.8 Å². The van der Waals surface area contributed by atoms with E-state index in [1.54, 1.807) is 31.7 Å². The number of pyridine rings is 2. The average Bonchev–Trinajstić information content (AvgIpc) is 3.38. The highest BCUT2D eigenvalue weighted by molar-refractivity contribution is 14.2. The zero-order valence-electron chi connectivity index (χ0n) is 22.9. The van der Waals surface area contributed by atoms with Gasteiger partial charge in [0.15, 0.2) is 0 Å². The molecular weight excluding hydrogens is 627 g/mol. The number of halogens is 1. The van der Waals surface area contributed by atoms with Gasteiger partial charge in [-0.05, 0) is 69.6 Å². The molecule has 1 aliphatic heterocycles. The van der Waals surface area contributed by atoms with Crippen molar-refractivity contribution in [3.05, 3.63) is 70.9 Å². The first-order chi connectivity index (χ1) is 18.7. The molecule has 3 aromatic heterocycles. The molecule has 0 radical (unpaired) electrons. The summed E-state index contributed by atoms with van der Waals surface area (Å²) in [4.78, 5) is 17.4. The van der Waals surface area contributed by atoms with Crippen LogP contribution in [0.4, 0.5) is 0 Å². The minimum Gasteiger partial charge on any atom is -0.474 e. The Balaban J connectivity index is 0.00000172. The number of piperidine rings is 1. The molecule has 0 aliphatic carbocycles. The Kier molecular flexibility index (Phi) is 9.63. The minimum absolute atomic E-state index is 0.0810.